The molecule has 0 aromatic heterocycles. The van der Waals surface area contributed by atoms with Gasteiger partial charge in [-0.2, -0.15) is 0 Å². The van der Waals surface area contributed by atoms with Crippen LogP contribution in [0.4, 0.5) is 0 Å². The minimum absolute atomic E-state index is 0.0565. The van der Waals surface area contributed by atoms with Crippen molar-refractivity contribution in [3.05, 3.63) is 29.8 Å². The molecule has 1 aromatic carbocycles. The summed E-state index contributed by atoms with van der Waals surface area (Å²) in [4.78, 5) is 18.5. The fourth-order valence-electron chi connectivity index (χ4n) is 2.48. The summed E-state index contributed by atoms with van der Waals surface area (Å²) in [6.07, 6.45) is 1.34. The molecular formula is C14H17N3O3. The number of benzene rings is 1. The first-order valence-electron chi connectivity index (χ1n) is 6.79. The van der Waals surface area contributed by atoms with Gasteiger partial charge >= 0.3 is 5.97 Å². The number of hydrogen-bond donors (Lipinski definition) is 2. The highest BCUT2D eigenvalue weighted by Crippen LogP contribution is 2.21. The molecule has 6 heteroatoms. The molecule has 0 bridgehead atoms. The molecule has 0 spiro atoms. The Hall–Kier alpha value is -2.24. The van der Waals surface area contributed by atoms with Gasteiger partial charge in [-0.15, -0.1) is 0 Å². The molecule has 1 saturated heterocycles. The summed E-state index contributed by atoms with van der Waals surface area (Å²) in [6.45, 7) is 2.36. The Kier molecular flexibility index (Phi) is 3.45. The van der Waals surface area contributed by atoms with Gasteiger partial charge in [0, 0.05) is 26.1 Å². The molecule has 1 fully saturated rings. The largest absolute Gasteiger partial charge is 0.507 e. The Labute approximate surface area is 117 Å². The lowest BCUT2D eigenvalue weighted by Gasteiger charge is -2.39. The van der Waals surface area contributed by atoms with Crippen molar-refractivity contribution in [2.45, 2.75) is 19.1 Å². The highest BCUT2D eigenvalue weighted by Gasteiger charge is 2.31. The number of aromatic hydroxyl groups is 1. The highest BCUT2D eigenvalue weighted by molar-refractivity contribution is 5.92. The van der Waals surface area contributed by atoms with Gasteiger partial charge in [0.2, 0.25) is 0 Å². The van der Waals surface area contributed by atoms with Gasteiger partial charge in [-0.25, -0.2) is 4.79 Å². The van der Waals surface area contributed by atoms with Crippen molar-refractivity contribution in [1.29, 1.82) is 0 Å². The minimum Gasteiger partial charge on any atom is -0.507 e. The van der Waals surface area contributed by atoms with Crippen LogP contribution in [0.1, 0.15) is 23.2 Å². The summed E-state index contributed by atoms with van der Waals surface area (Å²) in [5, 5.41) is 12.9. The Bertz CT molecular complexity index is 544. The van der Waals surface area contributed by atoms with Crippen LogP contribution in [0.2, 0.25) is 0 Å². The fourth-order valence-corrected chi connectivity index (χ4v) is 2.48. The minimum atomic E-state index is -0.500. The first-order valence-corrected chi connectivity index (χ1v) is 6.79. The molecule has 6 nitrogen and oxygen atoms in total. The number of carbonyl (C=O) groups is 1. The van der Waals surface area contributed by atoms with Crippen LogP contribution in [-0.4, -0.2) is 47.8 Å². The van der Waals surface area contributed by atoms with Crippen molar-refractivity contribution >= 4 is 11.9 Å². The number of fused-ring (bicyclic) bond motifs is 1. The normalized spacial score (nSPS) is 21.5. The molecule has 0 radical (unpaired) electrons. The second kappa shape index (κ2) is 5.40. The number of carbonyl (C=O) groups excluding carboxylic acids is 1. The summed E-state index contributed by atoms with van der Waals surface area (Å²) in [7, 11) is 0. The molecule has 0 aliphatic carbocycles. The average Bonchev–Trinajstić information content (AvgIpc) is 2.48. The molecule has 20 heavy (non-hydrogen) atoms. The molecule has 106 valence electrons. The molecule has 2 heterocycles. The van der Waals surface area contributed by atoms with Gasteiger partial charge in [0.15, 0.2) is 12.2 Å². The molecular weight excluding hydrogens is 258 g/mol. The van der Waals surface area contributed by atoms with E-state index in [2.05, 4.69) is 10.3 Å². The van der Waals surface area contributed by atoms with Crippen LogP contribution in [0.15, 0.2) is 29.3 Å². The molecule has 2 N–H and O–H groups in total. The van der Waals surface area contributed by atoms with Crippen molar-refractivity contribution in [3.63, 3.8) is 0 Å². The van der Waals surface area contributed by atoms with Gasteiger partial charge in [0.05, 0.1) is 0 Å². The summed E-state index contributed by atoms with van der Waals surface area (Å²) < 4.78 is 5.53. The van der Waals surface area contributed by atoms with Crippen LogP contribution in [-0.2, 0) is 4.74 Å². The van der Waals surface area contributed by atoms with Gasteiger partial charge in [0.25, 0.3) is 0 Å². The number of aliphatic imine (C=N–C) groups is 1. The third-order valence-electron chi connectivity index (χ3n) is 3.48. The number of para-hydroxylation sites is 1. The predicted octanol–water partition coefficient (Wildman–Crippen LogP) is 0.930. The first-order chi connectivity index (χ1) is 9.75. The monoisotopic (exact) mass is 275 g/mol. The topological polar surface area (TPSA) is 74.2 Å². The SMILES string of the molecule is O=C(OC1CCNC2=NCCCN21)c1ccccc1O. The van der Waals surface area contributed by atoms with Crippen LogP contribution >= 0.6 is 0 Å². The van der Waals surface area contributed by atoms with Crippen LogP contribution in [0.25, 0.3) is 0 Å². The van der Waals surface area contributed by atoms with E-state index in [1.165, 1.54) is 6.07 Å². The Balaban J connectivity index is 1.74. The lowest BCUT2D eigenvalue weighted by atomic mass is 10.2. The summed E-state index contributed by atoms with van der Waals surface area (Å²) in [5.74, 6) is 0.247. The van der Waals surface area contributed by atoms with Crippen molar-refractivity contribution in [2.24, 2.45) is 4.99 Å². The summed E-state index contributed by atoms with van der Waals surface area (Å²) in [5.41, 5.74) is 0.196. The van der Waals surface area contributed by atoms with Crippen LogP contribution < -0.4 is 5.32 Å². The maximum atomic E-state index is 12.1. The zero-order valence-corrected chi connectivity index (χ0v) is 11.1. The standard InChI is InChI=1S/C14H17N3O3/c18-11-5-2-1-4-10(11)13(19)20-12-6-8-16-14-15-7-3-9-17(12)14/h1-2,4-5,12,18H,3,6-9H2,(H,15,16). The van der Waals surface area contributed by atoms with E-state index in [0.29, 0.717) is 6.42 Å². The molecule has 2 aliphatic heterocycles. The number of esters is 1. The average molecular weight is 275 g/mol. The number of guanidine groups is 1. The predicted molar refractivity (Wildman–Crippen MR) is 73.6 cm³/mol. The van der Waals surface area contributed by atoms with Gasteiger partial charge < -0.3 is 20.1 Å². The maximum Gasteiger partial charge on any atom is 0.343 e. The second-order valence-electron chi connectivity index (χ2n) is 4.84. The number of phenolic OH excluding ortho intramolecular Hbond substituents is 1. The number of nitrogens with zero attached hydrogens (tertiary/aromatic N) is 2. The lowest BCUT2D eigenvalue weighted by molar-refractivity contribution is -0.0187. The smallest absolute Gasteiger partial charge is 0.343 e. The molecule has 3 rings (SSSR count). The zero-order valence-electron chi connectivity index (χ0n) is 11.1. The molecule has 1 unspecified atom stereocenters. The number of phenols is 1. The van der Waals surface area contributed by atoms with E-state index in [1.807, 2.05) is 4.90 Å². The Morgan fingerprint density at radius 3 is 3.15 bits per heavy atom. The highest BCUT2D eigenvalue weighted by atomic mass is 16.6. The van der Waals surface area contributed by atoms with Crippen molar-refractivity contribution in [2.75, 3.05) is 19.6 Å². The van der Waals surface area contributed by atoms with Crippen molar-refractivity contribution in [3.8, 4) is 5.75 Å². The molecule has 2 aliphatic rings. The Morgan fingerprint density at radius 2 is 2.30 bits per heavy atom. The van der Waals surface area contributed by atoms with Crippen LogP contribution in [0.5, 0.6) is 5.75 Å². The number of hydrogen-bond acceptors (Lipinski definition) is 6. The Morgan fingerprint density at radius 1 is 1.45 bits per heavy atom. The van der Waals surface area contributed by atoms with Crippen LogP contribution in [0, 0.1) is 0 Å². The molecule has 0 amide bonds. The zero-order chi connectivity index (χ0) is 13.9. The molecule has 0 saturated carbocycles. The van der Waals surface area contributed by atoms with Gasteiger partial charge in [-0.1, -0.05) is 12.1 Å². The van der Waals surface area contributed by atoms with Crippen molar-refractivity contribution < 1.29 is 14.6 Å². The molecule has 1 atom stereocenters. The molecule has 1 aromatic rings. The van der Waals surface area contributed by atoms with E-state index < -0.39 is 5.97 Å². The number of rotatable bonds is 2. The van der Waals surface area contributed by atoms with E-state index in [0.717, 1.165) is 32.0 Å². The third-order valence-corrected chi connectivity index (χ3v) is 3.48. The summed E-state index contributed by atoms with van der Waals surface area (Å²) >= 11 is 0. The summed E-state index contributed by atoms with van der Waals surface area (Å²) in [6, 6.07) is 6.41. The van der Waals surface area contributed by atoms with Crippen LogP contribution in [0.3, 0.4) is 0 Å². The van der Waals surface area contributed by atoms with E-state index in [9.17, 15) is 9.90 Å². The number of ether oxygens (including phenoxy) is 1. The van der Waals surface area contributed by atoms with E-state index in [1.54, 1.807) is 18.2 Å². The first kappa shape index (κ1) is 12.8. The fraction of sp³-hybridized carbons (Fsp3) is 0.429. The van der Waals surface area contributed by atoms with E-state index in [-0.39, 0.29) is 17.5 Å². The second-order valence-corrected chi connectivity index (χ2v) is 4.84. The maximum absolute atomic E-state index is 12.1. The van der Waals surface area contributed by atoms with Gasteiger partial charge in [0.1, 0.15) is 11.3 Å². The number of nitrogens with one attached hydrogen (secondary N) is 1. The third kappa shape index (κ3) is 2.41. The van der Waals surface area contributed by atoms with E-state index >= 15 is 0 Å². The van der Waals surface area contributed by atoms with Crippen molar-refractivity contribution in [1.82, 2.24) is 10.2 Å². The quantitative estimate of drug-likeness (QED) is 0.785. The van der Waals surface area contributed by atoms with Gasteiger partial charge in [-0.3, -0.25) is 4.99 Å². The van der Waals surface area contributed by atoms with Gasteiger partial charge in [-0.05, 0) is 18.6 Å². The lowest BCUT2D eigenvalue weighted by Crippen LogP contribution is -2.56. The van der Waals surface area contributed by atoms with E-state index in [4.69, 9.17) is 4.74 Å².